The molecule has 0 atom stereocenters. The van der Waals surface area contributed by atoms with Crippen LogP contribution in [0.2, 0.25) is 0 Å². The van der Waals surface area contributed by atoms with Gasteiger partial charge in [-0.15, -0.1) is 12.6 Å². The van der Waals surface area contributed by atoms with Crippen LogP contribution in [0.15, 0.2) is 5.03 Å². The highest BCUT2D eigenvalue weighted by Gasteiger charge is 2.26. The predicted molar refractivity (Wildman–Crippen MR) is 66.1 cm³/mol. The molecule has 17 heavy (non-hydrogen) atoms. The Labute approximate surface area is 104 Å². The number of aromatic nitrogens is 2. The SMILES string of the molecule is CCN(CC)c1nc(OC)nc(S)c1[N+](=O)[O-]. The Hall–Kier alpha value is -1.57. The van der Waals surface area contributed by atoms with Crippen molar-refractivity contribution in [2.24, 2.45) is 0 Å². The van der Waals surface area contributed by atoms with Crippen molar-refractivity contribution in [1.29, 1.82) is 0 Å². The molecule has 94 valence electrons. The Morgan fingerprint density at radius 1 is 1.41 bits per heavy atom. The fraction of sp³-hybridized carbons (Fsp3) is 0.556. The summed E-state index contributed by atoms with van der Waals surface area (Å²) in [5.41, 5.74) is -0.196. The maximum Gasteiger partial charge on any atom is 0.343 e. The number of methoxy groups -OCH3 is 1. The second kappa shape index (κ2) is 5.67. The van der Waals surface area contributed by atoms with Crippen molar-refractivity contribution >= 4 is 24.1 Å². The van der Waals surface area contributed by atoms with E-state index in [4.69, 9.17) is 4.74 Å². The monoisotopic (exact) mass is 258 g/mol. The molecule has 0 aliphatic carbocycles. The van der Waals surface area contributed by atoms with Gasteiger partial charge in [0.2, 0.25) is 5.82 Å². The fourth-order valence-electron chi connectivity index (χ4n) is 1.41. The first-order chi connectivity index (χ1) is 8.04. The topological polar surface area (TPSA) is 81.4 Å². The number of hydrogen-bond acceptors (Lipinski definition) is 7. The average molecular weight is 258 g/mol. The molecule has 7 nitrogen and oxygen atoms in total. The van der Waals surface area contributed by atoms with Crippen LogP contribution >= 0.6 is 12.6 Å². The van der Waals surface area contributed by atoms with E-state index in [1.54, 1.807) is 4.90 Å². The minimum Gasteiger partial charge on any atom is -0.467 e. The van der Waals surface area contributed by atoms with Gasteiger partial charge in [0.1, 0.15) is 0 Å². The molecule has 0 aliphatic heterocycles. The van der Waals surface area contributed by atoms with E-state index >= 15 is 0 Å². The summed E-state index contributed by atoms with van der Waals surface area (Å²) in [6, 6.07) is 0.0718. The molecule has 0 aliphatic rings. The zero-order valence-corrected chi connectivity index (χ0v) is 10.8. The maximum absolute atomic E-state index is 11.0. The summed E-state index contributed by atoms with van der Waals surface area (Å²) in [5, 5.41) is 11.0. The lowest BCUT2D eigenvalue weighted by atomic mass is 10.4. The van der Waals surface area contributed by atoms with Crippen LogP contribution in [-0.4, -0.2) is 35.1 Å². The first-order valence-corrected chi connectivity index (χ1v) is 5.54. The van der Waals surface area contributed by atoms with Gasteiger partial charge in [0, 0.05) is 13.1 Å². The largest absolute Gasteiger partial charge is 0.467 e. The lowest BCUT2D eigenvalue weighted by Gasteiger charge is -2.19. The molecule has 0 fully saturated rings. The van der Waals surface area contributed by atoms with E-state index in [1.165, 1.54) is 7.11 Å². The number of hydrogen-bond donors (Lipinski definition) is 1. The first kappa shape index (κ1) is 13.5. The molecule has 1 rings (SSSR count). The number of rotatable bonds is 5. The second-order valence-corrected chi connectivity index (χ2v) is 3.56. The van der Waals surface area contributed by atoms with Crippen LogP contribution in [0.3, 0.4) is 0 Å². The lowest BCUT2D eigenvalue weighted by molar-refractivity contribution is -0.387. The molecular formula is C9H14N4O3S. The highest BCUT2D eigenvalue weighted by Crippen LogP contribution is 2.32. The second-order valence-electron chi connectivity index (χ2n) is 3.14. The molecule has 0 spiro atoms. The molecule has 8 heteroatoms. The van der Waals surface area contributed by atoms with E-state index in [-0.39, 0.29) is 22.5 Å². The van der Waals surface area contributed by atoms with Gasteiger partial charge < -0.3 is 9.64 Å². The summed E-state index contributed by atoms with van der Waals surface area (Å²) in [5.74, 6) is 0.233. The summed E-state index contributed by atoms with van der Waals surface area (Å²) in [6.07, 6.45) is 0. The number of nitro groups is 1. The summed E-state index contributed by atoms with van der Waals surface area (Å²) >= 11 is 4.00. The van der Waals surface area contributed by atoms with Crippen LogP contribution in [0.4, 0.5) is 11.5 Å². The molecule has 1 heterocycles. The van der Waals surface area contributed by atoms with Crippen molar-refractivity contribution < 1.29 is 9.66 Å². The van der Waals surface area contributed by atoms with Gasteiger partial charge in [-0.2, -0.15) is 9.97 Å². The summed E-state index contributed by atoms with van der Waals surface area (Å²) < 4.78 is 4.89. The van der Waals surface area contributed by atoms with Crippen LogP contribution in [0.25, 0.3) is 0 Å². The zero-order chi connectivity index (χ0) is 13.0. The third-order valence-electron chi connectivity index (χ3n) is 2.25. The smallest absolute Gasteiger partial charge is 0.343 e. The summed E-state index contributed by atoms with van der Waals surface area (Å²) in [4.78, 5) is 20.0. The summed E-state index contributed by atoms with van der Waals surface area (Å²) in [6.45, 7) is 4.98. The minimum atomic E-state index is -0.532. The zero-order valence-electron chi connectivity index (χ0n) is 9.88. The van der Waals surface area contributed by atoms with E-state index in [1.807, 2.05) is 13.8 Å². The Bertz CT molecular complexity index is 423. The van der Waals surface area contributed by atoms with Crippen LogP contribution < -0.4 is 9.64 Å². The van der Waals surface area contributed by atoms with Gasteiger partial charge in [0.25, 0.3) is 0 Å². The van der Waals surface area contributed by atoms with Crippen molar-refractivity contribution in [1.82, 2.24) is 9.97 Å². The van der Waals surface area contributed by atoms with Gasteiger partial charge in [-0.05, 0) is 13.8 Å². The van der Waals surface area contributed by atoms with Crippen molar-refractivity contribution in [3.63, 3.8) is 0 Å². The Kier molecular flexibility index (Phi) is 4.50. The molecule has 0 unspecified atom stereocenters. The quantitative estimate of drug-likeness (QED) is 0.373. The van der Waals surface area contributed by atoms with E-state index in [9.17, 15) is 10.1 Å². The number of nitrogens with zero attached hydrogens (tertiary/aromatic N) is 4. The third-order valence-corrected chi connectivity index (χ3v) is 2.57. The van der Waals surface area contributed by atoms with Crippen LogP contribution in [0.5, 0.6) is 6.01 Å². The van der Waals surface area contributed by atoms with Gasteiger partial charge in [-0.25, -0.2) is 0 Å². The molecule has 0 saturated carbocycles. The van der Waals surface area contributed by atoms with Crippen molar-refractivity contribution in [2.45, 2.75) is 18.9 Å². The minimum absolute atomic E-state index is 0.00347. The number of anilines is 1. The van der Waals surface area contributed by atoms with E-state index < -0.39 is 4.92 Å². The number of ether oxygens (including phenoxy) is 1. The van der Waals surface area contributed by atoms with Crippen molar-refractivity contribution in [2.75, 3.05) is 25.1 Å². The lowest BCUT2D eigenvalue weighted by Crippen LogP contribution is -2.24. The maximum atomic E-state index is 11.0. The van der Waals surface area contributed by atoms with Gasteiger partial charge >= 0.3 is 11.7 Å². The van der Waals surface area contributed by atoms with Gasteiger partial charge in [0.05, 0.1) is 12.0 Å². The van der Waals surface area contributed by atoms with Gasteiger partial charge in [-0.3, -0.25) is 10.1 Å². The van der Waals surface area contributed by atoms with Gasteiger partial charge in [0.15, 0.2) is 5.03 Å². The molecule has 0 radical (unpaired) electrons. The average Bonchev–Trinajstić information content (AvgIpc) is 2.29. The highest BCUT2D eigenvalue weighted by atomic mass is 32.1. The molecule has 1 aromatic rings. The Morgan fingerprint density at radius 2 is 2.00 bits per heavy atom. The van der Waals surface area contributed by atoms with Crippen LogP contribution in [-0.2, 0) is 0 Å². The van der Waals surface area contributed by atoms with E-state index in [2.05, 4.69) is 22.6 Å². The normalized spacial score (nSPS) is 10.1. The molecule has 0 saturated heterocycles. The predicted octanol–water partition coefficient (Wildman–Crippen LogP) is 1.53. The molecule has 0 bridgehead atoms. The third kappa shape index (κ3) is 2.76. The molecular weight excluding hydrogens is 244 g/mol. The first-order valence-electron chi connectivity index (χ1n) is 5.09. The summed E-state index contributed by atoms with van der Waals surface area (Å²) in [7, 11) is 1.40. The van der Waals surface area contributed by atoms with Crippen LogP contribution in [0.1, 0.15) is 13.8 Å². The molecule has 0 aromatic carbocycles. The van der Waals surface area contributed by atoms with E-state index in [0.717, 1.165) is 0 Å². The van der Waals surface area contributed by atoms with Crippen molar-refractivity contribution in [3.05, 3.63) is 10.1 Å². The molecule has 0 amide bonds. The van der Waals surface area contributed by atoms with Crippen molar-refractivity contribution in [3.8, 4) is 6.01 Å². The van der Waals surface area contributed by atoms with Gasteiger partial charge in [-0.1, -0.05) is 0 Å². The molecule has 1 aromatic heterocycles. The Balaban J connectivity index is 3.41. The number of thiol groups is 1. The fourth-order valence-corrected chi connectivity index (χ4v) is 1.68. The Morgan fingerprint density at radius 3 is 2.41 bits per heavy atom. The molecule has 0 N–H and O–H groups in total. The highest BCUT2D eigenvalue weighted by molar-refractivity contribution is 7.80. The van der Waals surface area contributed by atoms with Crippen LogP contribution in [0, 0.1) is 10.1 Å². The van der Waals surface area contributed by atoms with E-state index in [0.29, 0.717) is 13.1 Å². The standard InChI is InChI=1S/C9H14N4O3S/c1-4-12(5-2)7-6(13(14)15)8(17)11-9(10-7)16-3/h4-5H2,1-3H3,(H,10,11,17).